The molecule has 0 heterocycles. The topological polar surface area (TPSA) is 33.3 Å². The first-order chi connectivity index (χ1) is 12.6. The van der Waals surface area contributed by atoms with Gasteiger partial charge in [0.2, 0.25) is 0 Å². The lowest BCUT2D eigenvalue weighted by Crippen LogP contribution is -2.28. The highest BCUT2D eigenvalue weighted by atomic mass is 35.5. The van der Waals surface area contributed by atoms with Crippen molar-refractivity contribution in [2.24, 2.45) is 0 Å². The van der Waals surface area contributed by atoms with Crippen molar-refractivity contribution in [3.05, 3.63) is 89.2 Å². The molecule has 0 aliphatic rings. The number of nitrogens with one attached hydrogen (secondary N) is 2. The predicted octanol–water partition coefficient (Wildman–Crippen LogP) is 5.76. The molecule has 0 unspecified atom stereocenters. The Kier molecular flexibility index (Phi) is 6.04. The second-order valence-corrected chi connectivity index (χ2v) is 6.33. The van der Waals surface area contributed by atoms with E-state index in [1.807, 2.05) is 30.3 Å². The molecule has 6 heteroatoms. The van der Waals surface area contributed by atoms with Crippen molar-refractivity contribution in [3.63, 3.8) is 0 Å². The Morgan fingerprint density at radius 1 is 1.00 bits per heavy atom. The zero-order chi connectivity index (χ0) is 18.4. The van der Waals surface area contributed by atoms with E-state index in [-0.39, 0.29) is 5.82 Å². The molecule has 3 aromatic carbocycles. The molecule has 0 spiro atoms. The number of rotatable bonds is 5. The molecule has 0 radical (unpaired) electrons. The molecule has 3 rings (SSSR count). The van der Waals surface area contributed by atoms with E-state index in [4.69, 9.17) is 28.6 Å². The molecule has 2 N–H and O–H groups in total. The van der Waals surface area contributed by atoms with Gasteiger partial charge in [-0.15, -0.1) is 0 Å². The van der Waals surface area contributed by atoms with Crippen molar-refractivity contribution in [2.45, 2.75) is 6.54 Å². The minimum Gasteiger partial charge on any atom is -0.455 e. The van der Waals surface area contributed by atoms with E-state index >= 15 is 0 Å². The maximum atomic E-state index is 12.9. The summed E-state index contributed by atoms with van der Waals surface area (Å²) < 4.78 is 18.8. The number of para-hydroxylation sites is 1. The van der Waals surface area contributed by atoms with Gasteiger partial charge >= 0.3 is 0 Å². The zero-order valence-electron chi connectivity index (χ0n) is 13.7. The molecule has 26 heavy (non-hydrogen) atoms. The molecule has 0 saturated carbocycles. The van der Waals surface area contributed by atoms with Crippen molar-refractivity contribution in [1.29, 1.82) is 0 Å². The van der Waals surface area contributed by atoms with Crippen LogP contribution in [0.1, 0.15) is 5.56 Å². The van der Waals surface area contributed by atoms with Crippen molar-refractivity contribution in [1.82, 2.24) is 5.32 Å². The Morgan fingerprint density at radius 2 is 1.73 bits per heavy atom. The fourth-order valence-corrected chi connectivity index (χ4v) is 2.61. The molecule has 3 aromatic rings. The summed E-state index contributed by atoms with van der Waals surface area (Å²) in [7, 11) is 0. The summed E-state index contributed by atoms with van der Waals surface area (Å²) in [5.74, 6) is 1.05. The fraction of sp³-hybridized carbons (Fsp3) is 0.0500. The molecular weight excluding hydrogens is 371 g/mol. The zero-order valence-corrected chi connectivity index (χ0v) is 15.3. The third kappa shape index (κ3) is 5.18. The van der Waals surface area contributed by atoms with E-state index in [2.05, 4.69) is 10.6 Å². The second-order valence-electron chi connectivity index (χ2n) is 5.49. The number of hydrogen-bond acceptors (Lipinski definition) is 2. The first kappa shape index (κ1) is 18.2. The van der Waals surface area contributed by atoms with Crippen LogP contribution in [0.3, 0.4) is 0 Å². The van der Waals surface area contributed by atoms with Crippen LogP contribution in [-0.4, -0.2) is 5.11 Å². The van der Waals surface area contributed by atoms with Gasteiger partial charge in [-0.2, -0.15) is 0 Å². The molecule has 3 nitrogen and oxygen atoms in total. The Bertz CT molecular complexity index is 888. The van der Waals surface area contributed by atoms with Crippen LogP contribution < -0.4 is 15.4 Å². The third-order valence-electron chi connectivity index (χ3n) is 3.53. The normalized spacial score (nSPS) is 10.2. The van der Waals surface area contributed by atoms with Crippen LogP contribution in [-0.2, 0) is 6.54 Å². The van der Waals surface area contributed by atoms with Crippen LogP contribution in [0.25, 0.3) is 0 Å². The number of hydrogen-bond donors (Lipinski definition) is 2. The smallest absolute Gasteiger partial charge is 0.171 e. The largest absolute Gasteiger partial charge is 0.455 e. The molecule has 0 aliphatic heterocycles. The van der Waals surface area contributed by atoms with Gasteiger partial charge in [0.15, 0.2) is 10.9 Å². The number of thiocarbonyl (C=S) groups is 1. The highest BCUT2D eigenvalue weighted by Crippen LogP contribution is 2.31. The van der Waals surface area contributed by atoms with Gasteiger partial charge < -0.3 is 15.4 Å². The Morgan fingerprint density at radius 3 is 2.46 bits per heavy atom. The van der Waals surface area contributed by atoms with Crippen LogP contribution in [0.4, 0.5) is 10.1 Å². The summed E-state index contributed by atoms with van der Waals surface area (Å²) in [6, 6.07) is 20.9. The maximum absolute atomic E-state index is 12.9. The van der Waals surface area contributed by atoms with Gasteiger partial charge in [0.1, 0.15) is 11.6 Å². The minimum atomic E-state index is -0.268. The van der Waals surface area contributed by atoms with E-state index in [1.165, 1.54) is 12.1 Å². The van der Waals surface area contributed by atoms with E-state index < -0.39 is 0 Å². The molecule has 0 aromatic heterocycles. The maximum Gasteiger partial charge on any atom is 0.171 e. The number of anilines is 1. The molecular formula is C20H16ClFN2OS. The van der Waals surface area contributed by atoms with Crippen molar-refractivity contribution in [3.8, 4) is 11.5 Å². The van der Waals surface area contributed by atoms with Crippen molar-refractivity contribution in [2.75, 3.05) is 5.32 Å². The van der Waals surface area contributed by atoms with E-state index in [1.54, 1.807) is 30.3 Å². The summed E-state index contributed by atoms with van der Waals surface area (Å²) >= 11 is 11.4. The summed E-state index contributed by atoms with van der Waals surface area (Å²) in [5.41, 5.74) is 1.57. The molecule has 0 amide bonds. The Hall–Kier alpha value is -2.63. The van der Waals surface area contributed by atoms with E-state index in [9.17, 15) is 4.39 Å². The molecule has 132 valence electrons. The van der Waals surface area contributed by atoms with Crippen LogP contribution in [0.15, 0.2) is 72.8 Å². The van der Waals surface area contributed by atoms with Crippen molar-refractivity contribution >= 4 is 34.6 Å². The second kappa shape index (κ2) is 8.65. The van der Waals surface area contributed by atoms with Crippen LogP contribution >= 0.6 is 23.8 Å². The average molecular weight is 387 g/mol. The lowest BCUT2D eigenvalue weighted by atomic mass is 10.2. The lowest BCUT2D eigenvalue weighted by molar-refractivity contribution is 0.485. The summed E-state index contributed by atoms with van der Waals surface area (Å²) in [6.45, 7) is 0.474. The summed E-state index contributed by atoms with van der Waals surface area (Å²) in [6.07, 6.45) is 0. The van der Waals surface area contributed by atoms with Gasteiger partial charge in [-0.05, 0) is 60.2 Å². The van der Waals surface area contributed by atoms with Gasteiger partial charge in [0.25, 0.3) is 0 Å². The predicted molar refractivity (Wildman–Crippen MR) is 107 cm³/mol. The van der Waals surface area contributed by atoms with E-state index in [0.717, 1.165) is 5.56 Å². The quantitative estimate of drug-likeness (QED) is 0.546. The summed E-state index contributed by atoms with van der Waals surface area (Å²) in [5, 5.41) is 7.14. The third-order valence-corrected chi connectivity index (χ3v) is 4.01. The highest BCUT2D eigenvalue weighted by Gasteiger charge is 2.08. The van der Waals surface area contributed by atoms with Crippen LogP contribution in [0, 0.1) is 5.82 Å². The van der Waals surface area contributed by atoms with Gasteiger partial charge in [-0.25, -0.2) is 4.39 Å². The summed E-state index contributed by atoms with van der Waals surface area (Å²) in [4.78, 5) is 0. The standard InChI is InChI=1S/C20H16ClFN2OS/c21-15-8-11-19(25-17-4-2-1-3-5-17)18(12-15)24-20(26)23-13-14-6-9-16(22)10-7-14/h1-12H,13H2,(H2,23,24,26). The first-order valence-electron chi connectivity index (χ1n) is 7.92. The van der Waals surface area contributed by atoms with Gasteiger partial charge in [0.05, 0.1) is 5.69 Å². The monoisotopic (exact) mass is 386 g/mol. The average Bonchev–Trinajstić information content (AvgIpc) is 2.64. The van der Waals surface area contributed by atoms with Crippen molar-refractivity contribution < 1.29 is 9.13 Å². The Labute approximate surface area is 161 Å². The fourth-order valence-electron chi connectivity index (χ4n) is 2.26. The molecule has 0 aliphatic carbocycles. The molecule has 0 fully saturated rings. The van der Waals surface area contributed by atoms with Gasteiger partial charge in [-0.1, -0.05) is 41.9 Å². The Balaban J connectivity index is 1.67. The van der Waals surface area contributed by atoms with E-state index in [0.29, 0.717) is 33.9 Å². The first-order valence-corrected chi connectivity index (χ1v) is 8.70. The lowest BCUT2D eigenvalue weighted by Gasteiger charge is -2.15. The van der Waals surface area contributed by atoms with Gasteiger partial charge in [0, 0.05) is 11.6 Å². The minimum absolute atomic E-state index is 0.268. The SMILES string of the molecule is Fc1ccc(CNC(=S)Nc2cc(Cl)ccc2Oc2ccccc2)cc1. The van der Waals surface area contributed by atoms with Crippen LogP contribution in [0.5, 0.6) is 11.5 Å². The molecule has 0 saturated heterocycles. The highest BCUT2D eigenvalue weighted by molar-refractivity contribution is 7.80. The van der Waals surface area contributed by atoms with Gasteiger partial charge in [-0.3, -0.25) is 0 Å². The van der Waals surface area contributed by atoms with Crippen LogP contribution in [0.2, 0.25) is 5.02 Å². The number of halogens is 2. The number of benzene rings is 3. The number of ether oxygens (including phenoxy) is 1. The molecule has 0 atom stereocenters. The molecule has 0 bridgehead atoms.